The standard InChI is InChI=1S/C19H27NO4.C19H29NO3.C18H27NO2.C17H33NO3.C17H25NO2.C16H29NO3/c1-12(2)15-6-4-13(3)8-17(15)24-19(21)20-10-14-5-7-16-18(9-14)23-11-22-16;1-5-22-17-9-7-6-8-16(17)20-19(21)23-18-12-14(4)10-11-15(18)13(2)3;1-13(2)16-10-9-14(3)11-17(16)21-18(20)19-12-15-7-5-4-6-8-15;1-12(2)15-8-7-14(5)11-16(15)21-17(19)18-9-6-10-20-13(3)4;1-12(2)15-10-9-13(3)11-16(15)20-17(19)18-14-7-5-4-6-8-14;1-11(2)14-7-6-12(3)9-15(14)20-16(18)17-10-13-5-4-8-19-13/h5,7,9,12-13,15,17H,4,6,8,10-11H2,1-3H3,(H,20,21);6-9,13-15,18H,5,10-12H2,1-4H3,(H,20,21);4-8,13-14,16-17H,9-12H2,1-3H3,(H,19,20);12-16H,6-11H2,1-5H3,(H,18,19);4-8,12-13,15-16H,9-11H2,1-3H3,(H,18,19);11-15H,4-10H2,1-3H3,(H,17,18). The molecule has 1 saturated heterocycles. The third-order valence-corrected chi connectivity index (χ3v) is 27.5. The molecule has 2 heterocycles. The van der Waals surface area contributed by atoms with Gasteiger partial charge in [-0.25, -0.2) is 28.8 Å². The fourth-order valence-electron chi connectivity index (χ4n) is 19.7. The van der Waals surface area contributed by atoms with E-state index < -0.39 is 0 Å². The third-order valence-electron chi connectivity index (χ3n) is 27.5. The Morgan fingerprint density at radius 1 is 0.380 bits per heavy atom. The van der Waals surface area contributed by atoms with Crippen LogP contribution in [0.15, 0.2) is 103 Å². The first-order valence-electron chi connectivity index (χ1n) is 49.8. The van der Waals surface area contributed by atoms with Crippen LogP contribution in [0.2, 0.25) is 0 Å². The molecule has 4 aromatic rings. The number of para-hydroxylation sites is 3. The first-order valence-corrected chi connectivity index (χ1v) is 49.8. The highest BCUT2D eigenvalue weighted by Crippen LogP contribution is 2.42. The molecule has 7 fully saturated rings. The van der Waals surface area contributed by atoms with Gasteiger partial charge in [0, 0.05) is 45.1 Å². The van der Waals surface area contributed by atoms with Gasteiger partial charge in [-0.1, -0.05) is 230 Å². The molecular formula is C106H170N6O17. The van der Waals surface area contributed by atoms with E-state index in [4.69, 9.17) is 52.1 Å². The van der Waals surface area contributed by atoms with Gasteiger partial charge < -0.3 is 73.4 Å². The Morgan fingerprint density at radius 2 is 0.744 bits per heavy atom. The summed E-state index contributed by atoms with van der Waals surface area (Å²) in [5, 5.41) is 17.0. The second-order valence-electron chi connectivity index (χ2n) is 40.8. The summed E-state index contributed by atoms with van der Waals surface area (Å²) in [4.78, 5) is 72.4. The molecule has 0 bridgehead atoms. The lowest BCUT2D eigenvalue weighted by atomic mass is 9.75. The van der Waals surface area contributed by atoms with E-state index in [2.05, 4.69) is 157 Å². The monoisotopic (exact) mass is 1800 g/mol. The number of fused-ring (bicyclic) bond motifs is 1. The molecule has 4 aromatic carbocycles. The fraction of sp³-hybridized carbons (Fsp3) is 0.717. The molecule has 19 unspecified atom stereocenters. The maximum Gasteiger partial charge on any atom is 0.412 e. The van der Waals surface area contributed by atoms with Crippen LogP contribution in [0.3, 0.4) is 0 Å². The van der Waals surface area contributed by atoms with Gasteiger partial charge in [0.1, 0.15) is 42.4 Å². The number of carbonyl (C=O) groups is 6. The number of anilines is 2. The van der Waals surface area contributed by atoms with Gasteiger partial charge in [0.05, 0.1) is 24.5 Å². The minimum atomic E-state index is -0.387. The van der Waals surface area contributed by atoms with Crippen molar-refractivity contribution in [3.63, 3.8) is 0 Å². The molecule has 23 nitrogen and oxygen atoms in total. The highest BCUT2D eigenvalue weighted by molar-refractivity contribution is 5.87. The van der Waals surface area contributed by atoms with E-state index in [1.165, 1.54) is 51.4 Å². The Balaban J connectivity index is 0.000000212. The lowest BCUT2D eigenvalue weighted by Gasteiger charge is -2.36. The molecule has 23 heteroatoms. The average molecular weight is 1800 g/mol. The summed E-state index contributed by atoms with van der Waals surface area (Å²) in [5.41, 5.74) is 3.49. The number of rotatable bonds is 27. The van der Waals surface area contributed by atoms with Gasteiger partial charge in [-0.15, -0.1) is 0 Å². The van der Waals surface area contributed by atoms with Crippen LogP contribution in [0.5, 0.6) is 17.2 Å². The zero-order valence-electron chi connectivity index (χ0n) is 82.8. The van der Waals surface area contributed by atoms with Gasteiger partial charge in [0.25, 0.3) is 0 Å². The lowest BCUT2D eigenvalue weighted by molar-refractivity contribution is 0.00403. The summed E-state index contributed by atoms with van der Waals surface area (Å²) in [7, 11) is 0. The molecule has 6 amide bonds. The molecular weight excluding hydrogens is 1630 g/mol. The smallest absolute Gasteiger partial charge is 0.412 e. The molecule has 0 aromatic heterocycles. The Hall–Kier alpha value is -8.18. The molecule has 2 aliphatic heterocycles. The molecule has 8 aliphatic rings. The van der Waals surface area contributed by atoms with Crippen LogP contribution in [0.4, 0.5) is 40.1 Å². The molecule has 6 N–H and O–H groups in total. The molecule has 12 rings (SSSR count). The van der Waals surface area contributed by atoms with Crippen LogP contribution in [-0.2, 0) is 51.0 Å². The van der Waals surface area contributed by atoms with E-state index in [-0.39, 0.29) is 92.2 Å². The number of hydrogen-bond donors (Lipinski definition) is 6. The molecule has 6 aliphatic carbocycles. The SMILES string of the molecule is CC1CCC(C(C)C)C(OC(=O)NCC2CCCO2)C1.CC1CCC(C(C)C)C(OC(=O)NCCCOC(C)C)C1.CC1CCC(C(C)C)C(OC(=O)NCc2ccc3c(c2)OCO3)C1.CC1CCC(C(C)C)C(OC(=O)NCc2ccccc2)C1.CC1CCC(C(C)C)C(OC(=O)Nc2ccccc2)C1.CCOc1ccccc1NC(=O)OC1CC(C)CCC1C(C)C. The fourth-order valence-corrected chi connectivity index (χ4v) is 19.7. The van der Waals surface area contributed by atoms with Gasteiger partial charge in [0.2, 0.25) is 6.79 Å². The molecule has 0 spiro atoms. The van der Waals surface area contributed by atoms with Gasteiger partial charge >= 0.3 is 36.6 Å². The topological polar surface area (TPSA) is 276 Å². The normalized spacial score (nSPS) is 26.9. The Morgan fingerprint density at radius 3 is 1.14 bits per heavy atom. The van der Waals surface area contributed by atoms with Crippen molar-refractivity contribution in [1.82, 2.24) is 21.3 Å². The van der Waals surface area contributed by atoms with Crippen LogP contribution in [0.25, 0.3) is 0 Å². The quantitative estimate of drug-likeness (QED) is 0.0239. The molecule has 6 saturated carbocycles. The largest absolute Gasteiger partial charge is 0.492 e. The van der Waals surface area contributed by atoms with Crippen molar-refractivity contribution in [3.05, 3.63) is 114 Å². The van der Waals surface area contributed by atoms with Crippen LogP contribution < -0.4 is 46.1 Å². The number of benzene rings is 4. The van der Waals surface area contributed by atoms with Crippen molar-refractivity contribution < 1.29 is 80.9 Å². The van der Waals surface area contributed by atoms with Crippen molar-refractivity contribution in [2.75, 3.05) is 50.3 Å². The van der Waals surface area contributed by atoms with Crippen molar-refractivity contribution in [3.8, 4) is 17.2 Å². The zero-order valence-corrected chi connectivity index (χ0v) is 82.8. The maximum atomic E-state index is 12.3. The first kappa shape index (κ1) is 108. The second-order valence-corrected chi connectivity index (χ2v) is 40.8. The van der Waals surface area contributed by atoms with Gasteiger partial charge in [-0.05, 0) is 271 Å². The van der Waals surface area contributed by atoms with Crippen molar-refractivity contribution in [2.24, 2.45) is 107 Å². The number of alkyl carbamates (subject to hydrolysis) is 4. The predicted octanol–water partition coefficient (Wildman–Crippen LogP) is 25.6. The summed E-state index contributed by atoms with van der Waals surface area (Å²) in [6, 6.07) is 32.5. The van der Waals surface area contributed by atoms with Crippen LogP contribution >= 0.6 is 0 Å². The highest BCUT2D eigenvalue weighted by Gasteiger charge is 2.40. The van der Waals surface area contributed by atoms with E-state index in [1.807, 2.05) is 124 Å². The summed E-state index contributed by atoms with van der Waals surface area (Å²) in [6.45, 7) is 50.4. The Kier molecular flexibility index (Phi) is 47.9. The minimum absolute atomic E-state index is 0.00185. The number of nitrogens with one attached hydrogen (secondary N) is 6. The van der Waals surface area contributed by atoms with Crippen molar-refractivity contribution >= 4 is 47.9 Å². The van der Waals surface area contributed by atoms with Gasteiger partial charge in [-0.2, -0.15) is 0 Å². The number of ether oxygens (including phenoxy) is 11. The average Bonchev–Trinajstić information content (AvgIpc) is 1.55. The Labute approximate surface area is 776 Å². The Bertz CT molecular complexity index is 3840. The summed E-state index contributed by atoms with van der Waals surface area (Å²) < 4.78 is 61.4. The van der Waals surface area contributed by atoms with Crippen molar-refractivity contribution in [2.45, 2.75) is 342 Å². The molecule has 19 atom stereocenters. The van der Waals surface area contributed by atoms with E-state index in [0.29, 0.717) is 157 Å². The summed E-state index contributed by atoms with van der Waals surface area (Å²) in [6.07, 6.45) is 21.9. The maximum absolute atomic E-state index is 12.3. The van der Waals surface area contributed by atoms with E-state index in [9.17, 15) is 28.8 Å². The zero-order chi connectivity index (χ0) is 94.1. The van der Waals surface area contributed by atoms with Crippen LogP contribution in [-0.4, -0.2) is 125 Å². The predicted molar refractivity (Wildman–Crippen MR) is 514 cm³/mol. The minimum Gasteiger partial charge on any atom is -0.492 e. The molecule has 726 valence electrons. The number of amides is 6. The number of carbonyl (C=O) groups excluding carboxylic acids is 6. The number of hydrogen-bond acceptors (Lipinski definition) is 17. The molecule has 129 heavy (non-hydrogen) atoms. The van der Waals surface area contributed by atoms with Gasteiger partial charge in [-0.3, -0.25) is 10.6 Å². The second kappa shape index (κ2) is 57.3. The van der Waals surface area contributed by atoms with Crippen LogP contribution in [0, 0.1) is 107 Å². The summed E-state index contributed by atoms with van der Waals surface area (Å²) >= 11 is 0. The van der Waals surface area contributed by atoms with E-state index in [1.54, 1.807) is 0 Å². The highest BCUT2D eigenvalue weighted by atomic mass is 16.7. The first-order chi connectivity index (χ1) is 61.6. The molecule has 0 radical (unpaired) electrons. The van der Waals surface area contributed by atoms with Gasteiger partial charge in [0.15, 0.2) is 11.5 Å². The lowest BCUT2D eigenvalue weighted by Crippen LogP contribution is -2.40. The third kappa shape index (κ3) is 39.6. The van der Waals surface area contributed by atoms with E-state index >= 15 is 0 Å². The van der Waals surface area contributed by atoms with Crippen molar-refractivity contribution in [1.29, 1.82) is 0 Å². The summed E-state index contributed by atoms with van der Waals surface area (Å²) in [5.74, 6) is 12.1. The van der Waals surface area contributed by atoms with E-state index in [0.717, 1.165) is 118 Å². The van der Waals surface area contributed by atoms with Crippen LogP contribution in [0.1, 0.15) is 291 Å².